The number of aliphatic hydroxyl groups excluding tert-OH is 1. The zero-order chi connectivity index (χ0) is 27.7. The van der Waals surface area contributed by atoms with Gasteiger partial charge in [-0.25, -0.2) is 0 Å². The van der Waals surface area contributed by atoms with Gasteiger partial charge in [-0.05, 0) is 18.4 Å². The van der Waals surface area contributed by atoms with Gasteiger partial charge in [-0.3, -0.25) is 0 Å². The van der Waals surface area contributed by atoms with Gasteiger partial charge < -0.3 is 9.84 Å². The van der Waals surface area contributed by atoms with Crippen LogP contribution in [0, 0.1) is 57.3 Å². The Kier molecular flexibility index (Phi) is 76.8. The van der Waals surface area contributed by atoms with Gasteiger partial charge in [-0.1, -0.05) is 56.9 Å². The summed E-state index contributed by atoms with van der Waals surface area (Å²) in [5.41, 5.74) is 4.53. The fraction of sp³-hybridized carbons (Fsp3) is 0.417. The number of hydrogen-bond donors (Lipinski definition) is 1. The smallest absolute Gasteiger partial charge is 0 e. The predicted molar refractivity (Wildman–Crippen MR) is 115 cm³/mol. The Bertz CT molecular complexity index is 665. The summed E-state index contributed by atoms with van der Waals surface area (Å²) in [6, 6.07) is 10.1. The molecule has 0 saturated carbocycles. The number of hydrogen-bond acceptors (Lipinski definition) is 2. The van der Waals surface area contributed by atoms with Crippen molar-refractivity contribution >= 4 is 8.07 Å². The molecule has 1 aromatic carbocycles. The Morgan fingerprint density at radius 1 is 0.829 bits per heavy atom. The molecule has 35 heavy (non-hydrogen) atoms. The van der Waals surface area contributed by atoms with E-state index in [1.54, 1.807) is 0 Å². The van der Waals surface area contributed by atoms with Gasteiger partial charge in [0.15, 0.2) is 0 Å². The Morgan fingerprint density at radius 3 is 1.60 bits per heavy atom. The summed E-state index contributed by atoms with van der Waals surface area (Å²) in [4.78, 5) is 0. The quantitative estimate of drug-likeness (QED) is 0.170. The van der Waals surface area contributed by atoms with Crippen molar-refractivity contribution in [3.05, 3.63) is 75.8 Å². The van der Waals surface area contributed by atoms with Crippen LogP contribution in [0.5, 0.6) is 0 Å². The fourth-order valence-corrected chi connectivity index (χ4v) is 2.59. The minimum atomic E-state index is -1.31. The molecule has 0 aliphatic heterocycles. The van der Waals surface area contributed by atoms with Crippen LogP contribution in [0.15, 0.2) is 30.3 Å². The number of ether oxygens (including phenoxy) is 1. The van der Waals surface area contributed by atoms with Crippen LogP contribution in [0.4, 0.5) is 0 Å². The van der Waals surface area contributed by atoms with Crippen molar-refractivity contribution in [2.45, 2.75) is 52.1 Å². The van der Waals surface area contributed by atoms with Gasteiger partial charge in [0.2, 0.25) is 0 Å². The second-order valence-electron chi connectivity index (χ2n) is 6.64. The van der Waals surface area contributed by atoms with Gasteiger partial charge in [0.05, 0.1) is 12.7 Å². The fourth-order valence-electron chi connectivity index (χ4n) is 1.91. The SMILES string of the molecule is C[C@@H](C#C[Si](C)(C)C)C[C@@H](O)CCOCc1ccccc1.[C-]#[O+].[C-]#[O+].[C-]#[O+].[C-]#[O+].[C-]#[O+].[C-]#[O+].[Co].[Co]. The Labute approximate surface area is 230 Å². The van der Waals surface area contributed by atoms with Gasteiger partial charge in [0, 0.05) is 46.1 Å². The molecule has 0 heterocycles. The van der Waals surface area contributed by atoms with Crippen LogP contribution in [0.3, 0.4) is 0 Å². The molecule has 8 nitrogen and oxygen atoms in total. The van der Waals surface area contributed by atoms with E-state index in [0.29, 0.717) is 19.6 Å². The van der Waals surface area contributed by atoms with E-state index < -0.39 is 8.07 Å². The summed E-state index contributed by atoms with van der Waals surface area (Å²) >= 11 is 0. The third-order valence-electron chi connectivity index (χ3n) is 3.03. The summed E-state index contributed by atoms with van der Waals surface area (Å²) in [5.74, 6) is 3.53. The van der Waals surface area contributed by atoms with Gasteiger partial charge in [-0.2, -0.15) is 0 Å². The molecule has 194 valence electrons. The summed E-state index contributed by atoms with van der Waals surface area (Å²) in [7, 11) is -1.31. The predicted octanol–water partition coefficient (Wildman–Crippen LogP) is 3.63. The molecule has 0 unspecified atom stereocenters. The van der Waals surface area contributed by atoms with Crippen molar-refractivity contribution in [3.8, 4) is 11.5 Å². The molecule has 0 aromatic heterocycles. The van der Waals surface area contributed by atoms with E-state index in [0.717, 1.165) is 6.42 Å². The molecule has 0 aliphatic carbocycles. The summed E-state index contributed by atoms with van der Waals surface area (Å²) in [6.45, 7) is 37.0. The van der Waals surface area contributed by atoms with Gasteiger partial charge in [-0.15, -0.1) is 11.5 Å². The molecule has 1 N–H and O–H groups in total. The van der Waals surface area contributed by atoms with E-state index in [4.69, 9.17) is 32.6 Å². The standard InChI is InChI=1S/C18H28O2Si.6CO.2Co/c1-16(11-13-21(2,3)4)14-18(19)10-12-20-15-17-8-6-5-7-9-17;6*1-2;;/h5-9,16,18-19H,10,12,14-15H2,1-4H3;;;;;;;;/t16-,18-;;;;;;;;/m0......../s1. The van der Waals surface area contributed by atoms with Crippen molar-refractivity contribution in [1.82, 2.24) is 0 Å². The van der Waals surface area contributed by atoms with Gasteiger partial charge in [0.25, 0.3) is 0 Å². The van der Waals surface area contributed by atoms with E-state index in [-0.39, 0.29) is 45.6 Å². The van der Waals surface area contributed by atoms with E-state index in [9.17, 15) is 5.11 Å². The first-order chi connectivity index (χ1) is 15.9. The molecule has 2 radical (unpaired) electrons. The number of benzene rings is 1. The normalized spacial score (nSPS) is 8.83. The minimum Gasteiger partial charge on any atom is 0 e. The Balaban J connectivity index is -0.0000000757. The largest absolute Gasteiger partial charge is 0 e. The van der Waals surface area contributed by atoms with E-state index in [1.165, 1.54) is 5.56 Å². The van der Waals surface area contributed by atoms with Crippen LogP contribution in [-0.4, -0.2) is 25.9 Å². The minimum absolute atomic E-state index is 0. The zero-order valence-electron chi connectivity index (χ0n) is 19.8. The first-order valence-corrected chi connectivity index (χ1v) is 12.4. The number of aliphatic hydroxyl groups is 1. The van der Waals surface area contributed by atoms with E-state index in [1.807, 2.05) is 30.3 Å². The van der Waals surface area contributed by atoms with Gasteiger partial charge in [0.1, 0.15) is 8.07 Å². The number of rotatable bonds is 7. The van der Waals surface area contributed by atoms with E-state index >= 15 is 0 Å². The molecule has 0 bridgehead atoms. The molecule has 0 fully saturated rings. The summed E-state index contributed by atoms with van der Waals surface area (Å²) < 4.78 is 50.6. The van der Waals surface area contributed by atoms with Crippen molar-refractivity contribution in [2.75, 3.05) is 6.61 Å². The van der Waals surface area contributed by atoms with Crippen LogP contribution in [0.25, 0.3) is 0 Å². The van der Waals surface area contributed by atoms with Crippen LogP contribution in [0.1, 0.15) is 25.3 Å². The first-order valence-electron chi connectivity index (χ1n) is 8.92. The molecule has 0 amide bonds. The van der Waals surface area contributed by atoms with E-state index in [2.05, 4.69) is 77.9 Å². The van der Waals surface area contributed by atoms with Crippen LogP contribution >= 0.6 is 0 Å². The molecular formula is C24H28Co2O8Si. The third kappa shape index (κ3) is 54.7. The van der Waals surface area contributed by atoms with Crippen LogP contribution in [0.2, 0.25) is 19.6 Å². The monoisotopic (exact) mass is 590 g/mol. The van der Waals surface area contributed by atoms with Gasteiger partial charge >= 0.3 is 67.8 Å². The van der Waals surface area contributed by atoms with Crippen LogP contribution < -0.4 is 0 Å². The van der Waals surface area contributed by atoms with Crippen molar-refractivity contribution < 1.29 is 71.3 Å². The maximum atomic E-state index is 10.0. The van der Waals surface area contributed by atoms with Crippen molar-refractivity contribution in [3.63, 3.8) is 0 Å². The molecular weight excluding hydrogens is 562 g/mol. The topological polar surface area (TPSA) is 149 Å². The maximum Gasteiger partial charge on any atom is 0 e. The second-order valence-corrected chi connectivity index (χ2v) is 11.4. The molecule has 2 atom stereocenters. The molecule has 0 spiro atoms. The molecule has 11 heteroatoms. The van der Waals surface area contributed by atoms with Crippen molar-refractivity contribution in [1.29, 1.82) is 0 Å². The van der Waals surface area contributed by atoms with Crippen molar-refractivity contribution in [2.24, 2.45) is 5.92 Å². The summed E-state index contributed by atoms with van der Waals surface area (Å²) in [5, 5.41) is 10.0. The molecule has 1 aromatic rings. The zero-order valence-corrected chi connectivity index (χ0v) is 22.9. The molecule has 0 aliphatic rings. The average molecular weight is 590 g/mol. The Hall–Kier alpha value is -1.63. The Morgan fingerprint density at radius 2 is 1.23 bits per heavy atom. The summed E-state index contributed by atoms with van der Waals surface area (Å²) in [6.07, 6.45) is 1.07. The third-order valence-corrected chi connectivity index (χ3v) is 3.92. The average Bonchev–Trinajstić information content (AvgIpc) is 2.88. The molecule has 0 saturated heterocycles. The first kappa shape index (κ1) is 54.3. The van der Waals surface area contributed by atoms with Crippen LogP contribution in [-0.2, 0) is 72.8 Å². The molecule has 1 rings (SSSR count). The second kappa shape index (κ2) is 49.5. The maximum absolute atomic E-state index is 10.0.